The quantitative estimate of drug-likeness (QED) is 0.598. The molecule has 1 aromatic carbocycles. The van der Waals surface area contributed by atoms with Gasteiger partial charge in [-0.1, -0.05) is 26.7 Å². The van der Waals surface area contributed by atoms with Crippen molar-refractivity contribution in [3.63, 3.8) is 0 Å². The highest BCUT2D eigenvalue weighted by Gasteiger charge is 2.28. The zero-order chi connectivity index (χ0) is 19.4. The minimum Gasteiger partial charge on any atom is -0.378 e. The molecule has 0 spiro atoms. The fourth-order valence-electron chi connectivity index (χ4n) is 3.80. The predicted octanol–water partition coefficient (Wildman–Crippen LogP) is 4.41. The van der Waals surface area contributed by atoms with Crippen LogP contribution in [-0.2, 0) is 4.74 Å². The third kappa shape index (κ3) is 4.17. The molecule has 2 heterocycles. The normalized spacial score (nSPS) is 19.8. The standard InChI is InChI=1S/C20H24N4O3/c1-3-13(4-2)19-10-15(7-8-27-19)22-20-9-14(12-21)17-11-16(24(25)26)5-6-18(17)23-20/h5-6,9,11,13,15,19H,3-4,7-8,10H2,1-2H3,(H,22,23). The highest BCUT2D eigenvalue weighted by Crippen LogP contribution is 2.29. The summed E-state index contributed by atoms with van der Waals surface area (Å²) >= 11 is 0. The maximum absolute atomic E-state index is 11.0. The van der Waals surface area contributed by atoms with Crippen LogP contribution in [0.15, 0.2) is 24.3 Å². The van der Waals surface area contributed by atoms with Crippen LogP contribution in [0.1, 0.15) is 45.1 Å². The second kappa shape index (κ2) is 8.31. The molecule has 0 saturated carbocycles. The second-order valence-electron chi connectivity index (χ2n) is 6.98. The number of nitrogens with one attached hydrogen (secondary N) is 1. The second-order valence-corrected chi connectivity index (χ2v) is 6.98. The van der Waals surface area contributed by atoms with Crippen molar-refractivity contribution in [1.82, 2.24) is 4.98 Å². The molecule has 1 aromatic heterocycles. The summed E-state index contributed by atoms with van der Waals surface area (Å²) in [6.45, 7) is 5.10. The minimum absolute atomic E-state index is 0.0426. The molecule has 1 saturated heterocycles. The molecule has 0 bridgehead atoms. The first-order valence-electron chi connectivity index (χ1n) is 9.43. The minimum atomic E-state index is -0.465. The topological polar surface area (TPSA) is 101 Å². The summed E-state index contributed by atoms with van der Waals surface area (Å²) in [7, 11) is 0. The number of nitro benzene ring substituents is 1. The summed E-state index contributed by atoms with van der Waals surface area (Å²) in [4.78, 5) is 15.1. The molecule has 142 valence electrons. The van der Waals surface area contributed by atoms with E-state index in [1.54, 1.807) is 12.1 Å². The van der Waals surface area contributed by atoms with Crippen molar-refractivity contribution in [3.05, 3.63) is 39.9 Å². The van der Waals surface area contributed by atoms with E-state index < -0.39 is 4.92 Å². The van der Waals surface area contributed by atoms with Crippen LogP contribution >= 0.6 is 0 Å². The molecule has 2 unspecified atom stereocenters. The van der Waals surface area contributed by atoms with Gasteiger partial charge in [0, 0.05) is 30.2 Å². The summed E-state index contributed by atoms with van der Waals surface area (Å²) in [5, 5.41) is 24.4. The van der Waals surface area contributed by atoms with Crippen molar-refractivity contribution in [3.8, 4) is 6.07 Å². The van der Waals surface area contributed by atoms with Crippen molar-refractivity contribution in [1.29, 1.82) is 5.26 Å². The highest BCUT2D eigenvalue weighted by molar-refractivity contribution is 5.88. The third-order valence-corrected chi connectivity index (χ3v) is 5.37. The average molecular weight is 368 g/mol. The smallest absolute Gasteiger partial charge is 0.270 e. The number of benzene rings is 1. The van der Waals surface area contributed by atoms with Gasteiger partial charge in [0.15, 0.2) is 0 Å². The van der Waals surface area contributed by atoms with Crippen molar-refractivity contribution >= 4 is 22.4 Å². The van der Waals surface area contributed by atoms with Gasteiger partial charge in [-0.05, 0) is 30.9 Å². The van der Waals surface area contributed by atoms with E-state index in [2.05, 4.69) is 30.2 Å². The Balaban J connectivity index is 1.84. The van der Waals surface area contributed by atoms with Gasteiger partial charge in [-0.25, -0.2) is 4.98 Å². The fraction of sp³-hybridized carbons (Fsp3) is 0.500. The lowest BCUT2D eigenvalue weighted by Crippen LogP contribution is -2.38. The number of non-ortho nitro benzene ring substituents is 1. The molecule has 3 rings (SSSR count). The van der Waals surface area contributed by atoms with Crippen molar-refractivity contribution < 1.29 is 9.66 Å². The van der Waals surface area contributed by atoms with E-state index in [0.717, 1.165) is 25.7 Å². The molecular weight excluding hydrogens is 344 g/mol. The van der Waals surface area contributed by atoms with Crippen LogP contribution in [0.5, 0.6) is 0 Å². The number of hydrogen-bond donors (Lipinski definition) is 1. The van der Waals surface area contributed by atoms with Gasteiger partial charge in [-0.3, -0.25) is 10.1 Å². The van der Waals surface area contributed by atoms with Crippen LogP contribution in [0.3, 0.4) is 0 Å². The van der Waals surface area contributed by atoms with E-state index in [0.29, 0.717) is 34.8 Å². The van der Waals surface area contributed by atoms with E-state index in [9.17, 15) is 15.4 Å². The van der Waals surface area contributed by atoms with Crippen LogP contribution < -0.4 is 5.32 Å². The molecular formula is C20H24N4O3. The van der Waals surface area contributed by atoms with Gasteiger partial charge in [-0.2, -0.15) is 5.26 Å². The molecule has 0 amide bonds. The largest absolute Gasteiger partial charge is 0.378 e. The maximum Gasteiger partial charge on any atom is 0.270 e. The van der Waals surface area contributed by atoms with Crippen molar-refractivity contribution in [2.45, 2.75) is 51.7 Å². The first kappa shape index (κ1) is 19.1. The summed E-state index contributed by atoms with van der Waals surface area (Å²) in [5.41, 5.74) is 0.916. The third-order valence-electron chi connectivity index (χ3n) is 5.37. The monoisotopic (exact) mass is 368 g/mol. The molecule has 0 radical (unpaired) electrons. The number of nitrogens with zero attached hydrogens (tertiary/aromatic N) is 3. The summed E-state index contributed by atoms with van der Waals surface area (Å²) in [5.74, 6) is 1.18. The predicted molar refractivity (Wildman–Crippen MR) is 104 cm³/mol. The Morgan fingerprint density at radius 3 is 2.85 bits per heavy atom. The van der Waals surface area contributed by atoms with Gasteiger partial charge in [0.1, 0.15) is 5.82 Å². The Morgan fingerprint density at radius 1 is 1.41 bits per heavy atom. The van der Waals surface area contributed by atoms with Crippen molar-refractivity contribution in [2.75, 3.05) is 11.9 Å². The van der Waals surface area contributed by atoms with E-state index in [-0.39, 0.29) is 17.8 Å². The highest BCUT2D eigenvalue weighted by atomic mass is 16.6. The number of rotatable bonds is 6. The molecule has 2 atom stereocenters. The SMILES string of the molecule is CCC(CC)C1CC(Nc2cc(C#N)c3cc([N+](=O)[O-])ccc3n2)CCO1. The van der Waals surface area contributed by atoms with E-state index in [1.807, 2.05) is 0 Å². The molecule has 7 heteroatoms. The van der Waals surface area contributed by atoms with E-state index in [4.69, 9.17) is 4.74 Å². The van der Waals surface area contributed by atoms with Gasteiger partial charge in [-0.15, -0.1) is 0 Å². The van der Waals surface area contributed by atoms with Crippen LogP contribution in [0, 0.1) is 27.4 Å². The van der Waals surface area contributed by atoms with Gasteiger partial charge < -0.3 is 10.1 Å². The molecule has 1 N–H and O–H groups in total. The van der Waals surface area contributed by atoms with Gasteiger partial charge in [0.25, 0.3) is 5.69 Å². The molecule has 1 aliphatic heterocycles. The lowest BCUT2D eigenvalue weighted by atomic mass is 9.89. The summed E-state index contributed by atoms with van der Waals surface area (Å²) in [6, 6.07) is 8.45. The maximum atomic E-state index is 11.0. The number of fused-ring (bicyclic) bond motifs is 1. The lowest BCUT2D eigenvalue weighted by Gasteiger charge is -2.34. The van der Waals surface area contributed by atoms with Crippen LogP contribution in [-0.4, -0.2) is 28.7 Å². The first-order chi connectivity index (χ1) is 13.0. The number of ether oxygens (including phenoxy) is 1. The number of nitro groups is 1. The number of anilines is 1. The zero-order valence-corrected chi connectivity index (χ0v) is 15.6. The molecule has 1 aliphatic rings. The number of nitriles is 1. The van der Waals surface area contributed by atoms with Gasteiger partial charge >= 0.3 is 0 Å². The number of hydrogen-bond acceptors (Lipinski definition) is 6. The van der Waals surface area contributed by atoms with Crippen LogP contribution in [0.4, 0.5) is 11.5 Å². The molecule has 27 heavy (non-hydrogen) atoms. The van der Waals surface area contributed by atoms with Gasteiger partial charge in [0.05, 0.1) is 28.2 Å². The Kier molecular flexibility index (Phi) is 5.87. The Hall–Kier alpha value is -2.72. The molecule has 0 aliphatic carbocycles. The number of pyridine rings is 1. The molecule has 7 nitrogen and oxygen atoms in total. The number of aromatic nitrogens is 1. The summed E-state index contributed by atoms with van der Waals surface area (Å²) < 4.78 is 5.96. The first-order valence-corrected chi connectivity index (χ1v) is 9.43. The molecule has 2 aromatic rings. The lowest BCUT2D eigenvalue weighted by molar-refractivity contribution is -0.384. The zero-order valence-electron chi connectivity index (χ0n) is 15.6. The Labute approximate surface area is 158 Å². The van der Waals surface area contributed by atoms with Crippen LogP contribution in [0.25, 0.3) is 10.9 Å². The Morgan fingerprint density at radius 2 is 2.19 bits per heavy atom. The fourth-order valence-corrected chi connectivity index (χ4v) is 3.80. The van der Waals surface area contributed by atoms with E-state index >= 15 is 0 Å². The van der Waals surface area contributed by atoms with Gasteiger partial charge in [0.2, 0.25) is 0 Å². The van der Waals surface area contributed by atoms with Crippen LogP contribution in [0.2, 0.25) is 0 Å². The van der Waals surface area contributed by atoms with Crippen molar-refractivity contribution in [2.24, 2.45) is 5.92 Å². The Bertz CT molecular complexity index is 873. The molecule has 1 fully saturated rings. The van der Waals surface area contributed by atoms with E-state index in [1.165, 1.54) is 12.1 Å². The summed E-state index contributed by atoms with van der Waals surface area (Å²) in [6.07, 6.45) is 4.23. The average Bonchev–Trinajstić information content (AvgIpc) is 2.68.